The van der Waals surface area contributed by atoms with Gasteiger partial charge in [0, 0.05) is 6.42 Å². The van der Waals surface area contributed by atoms with Crippen LogP contribution < -0.4 is 0 Å². The molecule has 0 amide bonds. The molecule has 0 atom stereocenters. The summed E-state index contributed by atoms with van der Waals surface area (Å²) in [5, 5.41) is 8.22. The number of aliphatic hydroxyl groups excluding tert-OH is 1. The lowest BCUT2D eigenvalue weighted by Gasteiger charge is -2.04. The first kappa shape index (κ1) is 30.3. The minimum absolute atomic E-state index is 0. The quantitative estimate of drug-likeness (QED) is 0.222. The first-order valence-corrected chi connectivity index (χ1v) is 11.5. The highest BCUT2D eigenvalue weighted by molar-refractivity contribution is 6.63. The van der Waals surface area contributed by atoms with E-state index in [-0.39, 0.29) is 25.2 Å². The van der Waals surface area contributed by atoms with Crippen LogP contribution in [0.3, 0.4) is 0 Å². The van der Waals surface area contributed by atoms with E-state index in [1.165, 1.54) is 0 Å². The van der Waals surface area contributed by atoms with Gasteiger partial charge in [-0.25, -0.2) is 0 Å². The van der Waals surface area contributed by atoms with Crippen molar-refractivity contribution < 1.29 is 19.4 Å². The molecule has 4 nitrogen and oxygen atoms in total. The van der Waals surface area contributed by atoms with Crippen LogP contribution in [-0.4, -0.2) is 16.3 Å². The summed E-state index contributed by atoms with van der Waals surface area (Å²) in [5.74, 6) is -0.194. The van der Waals surface area contributed by atoms with E-state index in [1.54, 1.807) is 0 Å². The number of carbonyl (C=O) groups excluding carboxylic acids is 2. The Morgan fingerprint density at radius 2 is 0.944 bits per heavy atom. The van der Waals surface area contributed by atoms with Crippen molar-refractivity contribution in [3.05, 3.63) is 144 Å². The zero-order valence-electron chi connectivity index (χ0n) is 19.4. The summed E-state index contributed by atoms with van der Waals surface area (Å²) in [7, 11) is 0. The van der Waals surface area contributed by atoms with Crippen LogP contribution in [0, 0.1) is 0 Å². The van der Waals surface area contributed by atoms with E-state index < -0.39 is 0 Å². The van der Waals surface area contributed by atoms with Crippen molar-refractivity contribution in [2.75, 3.05) is 0 Å². The molecule has 0 unspecified atom stereocenters. The fourth-order valence-electron chi connectivity index (χ4n) is 2.89. The molecule has 0 aromatic heterocycles. The second-order valence-corrected chi connectivity index (χ2v) is 7.89. The molecule has 4 rings (SSSR count). The van der Waals surface area contributed by atoms with E-state index in [1.807, 2.05) is 121 Å². The van der Waals surface area contributed by atoms with E-state index in [0.29, 0.717) is 19.4 Å². The zero-order valence-corrected chi connectivity index (χ0v) is 20.2. The maximum absolute atomic E-state index is 11.6. The third kappa shape index (κ3) is 13.9. The summed E-state index contributed by atoms with van der Waals surface area (Å²) >= 11 is 5.17. The van der Waals surface area contributed by atoms with Crippen molar-refractivity contribution >= 4 is 22.8 Å². The third-order valence-electron chi connectivity index (χ3n) is 4.65. The fraction of sp³-hybridized carbons (Fsp3) is 0.161. The molecule has 0 saturated heterocycles. The number of hydrogen-bond donors (Lipinski definition) is 1. The Labute approximate surface area is 219 Å². The predicted molar refractivity (Wildman–Crippen MR) is 146 cm³/mol. The molecular weight excluding hydrogens is 472 g/mol. The summed E-state index contributed by atoms with van der Waals surface area (Å²) in [6.07, 6.45) is 0.649. The van der Waals surface area contributed by atoms with Gasteiger partial charge < -0.3 is 9.84 Å². The molecule has 0 spiro atoms. The molecule has 0 fully saturated rings. The van der Waals surface area contributed by atoms with Gasteiger partial charge in [0.05, 0.1) is 13.0 Å². The van der Waals surface area contributed by atoms with Gasteiger partial charge in [0.25, 0.3) is 0 Å². The number of hydrogen-bond acceptors (Lipinski definition) is 4. The van der Waals surface area contributed by atoms with E-state index in [2.05, 4.69) is 0 Å². The zero-order chi connectivity index (χ0) is 25.1. The number of rotatable bonds is 7. The largest absolute Gasteiger partial charge is 0.461 e. The smallest absolute Gasteiger partial charge is 0.310 e. The Balaban J connectivity index is 0.000000291. The van der Waals surface area contributed by atoms with Gasteiger partial charge in [-0.05, 0) is 33.9 Å². The van der Waals surface area contributed by atoms with Crippen molar-refractivity contribution in [2.24, 2.45) is 0 Å². The highest BCUT2D eigenvalue weighted by Crippen LogP contribution is 2.05. The molecule has 0 aliphatic rings. The normalized spacial score (nSPS) is 9.28. The molecule has 0 radical (unpaired) electrons. The molecule has 36 heavy (non-hydrogen) atoms. The highest BCUT2D eigenvalue weighted by Gasteiger charge is 2.04. The van der Waals surface area contributed by atoms with Crippen LogP contribution in [0.25, 0.3) is 0 Å². The van der Waals surface area contributed by atoms with Crippen LogP contribution in [0.4, 0.5) is 0 Å². The number of carbonyl (C=O) groups is 2. The molecule has 188 valence electrons. The molecule has 0 saturated carbocycles. The second-order valence-electron chi connectivity index (χ2n) is 7.47. The molecule has 0 heterocycles. The maximum Gasteiger partial charge on any atom is 0.310 e. The highest BCUT2D eigenvalue weighted by atomic mass is 35.5. The lowest BCUT2D eigenvalue weighted by atomic mass is 10.1. The van der Waals surface area contributed by atoms with Gasteiger partial charge in [-0.2, -0.15) is 0 Å². The lowest BCUT2D eigenvalue weighted by Crippen LogP contribution is -2.07. The number of esters is 1. The molecular formula is C31H33ClO4. The Kier molecular flexibility index (Phi) is 15.6. The Morgan fingerprint density at radius 1 is 0.583 bits per heavy atom. The van der Waals surface area contributed by atoms with Crippen molar-refractivity contribution in [3.63, 3.8) is 0 Å². The predicted octanol–water partition coefficient (Wildman–Crippen LogP) is 6.78. The second kappa shape index (κ2) is 18.6. The topological polar surface area (TPSA) is 63.6 Å². The minimum atomic E-state index is -0.314. The fourth-order valence-corrected chi connectivity index (χ4v) is 3.05. The van der Waals surface area contributed by atoms with E-state index >= 15 is 0 Å². The van der Waals surface area contributed by atoms with Crippen LogP contribution >= 0.6 is 11.6 Å². The Hall–Kier alpha value is -3.73. The molecule has 1 N–H and O–H groups in total. The van der Waals surface area contributed by atoms with Crippen molar-refractivity contribution in [1.82, 2.24) is 0 Å². The van der Waals surface area contributed by atoms with Gasteiger partial charge >= 0.3 is 5.97 Å². The average Bonchev–Trinajstić information content (AvgIpc) is 2.90. The van der Waals surface area contributed by atoms with Gasteiger partial charge in [0.2, 0.25) is 5.24 Å². The first-order chi connectivity index (χ1) is 17.1. The summed E-state index contributed by atoms with van der Waals surface area (Å²) in [4.78, 5) is 21.9. The van der Waals surface area contributed by atoms with Gasteiger partial charge in [-0.3, -0.25) is 9.59 Å². The minimum Gasteiger partial charge on any atom is -0.461 e. The van der Waals surface area contributed by atoms with Crippen molar-refractivity contribution in [2.45, 2.75) is 33.5 Å². The molecule has 4 aromatic rings. The standard InChI is InChI=1S/C15H14O2.C8H7ClO.C7H8O.CH4/c16-15(11-13-7-3-1-4-8-13)17-12-14-9-5-2-6-10-14;9-8(10)6-7-4-2-1-3-5-7;8-6-7-4-2-1-3-5-7;/h1-10H,11-12H2;1-5H,6H2;1-5,8H,6H2;1H4. The average molecular weight is 505 g/mol. The van der Waals surface area contributed by atoms with E-state index in [0.717, 1.165) is 22.3 Å². The molecule has 4 aromatic carbocycles. The number of aliphatic hydroxyl groups is 1. The van der Waals surface area contributed by atoms with Crippen LogP contribution in [0.15, 0.2) is 121 Å². The summed E-state index contributed by atoms with van der Waals surface area (Å²) < 4.78 is 5.19. The Bertz CT molecular complexity index is 1100. The summed E-state index contributed by atoms with van der Waals surface area (Å²) in [6.45, 7) is 0.480. The van der Waals surface area contributed by atoms with Crippen LogP contribution in [-0.2, 0) is 40.4 Å². The molecule has 0 bridgehead atoms. The Morgan fingerprint density at radius 3 is 1.31 bits per heavy atom. The van der Waals surface area contributed by atoms with E-state index in [4.69, 9.17) is 21.4 Å². The number of ether oxygens (including phenoxy) is 1. The molecule has 0 aliphatic heterocycles. The summed E-state index contributed by atoms with van der Waals surface area (Å²) in [6, 6.07) is 38.2. The summed E-state index contributed by atoms with van der Waals surface area (Å²) in [5.41, 5.74) is 3.91. The third-order valence-corrected chi connectivity index (χ3v) is 4.78. The molecule has 5 heteroatoms. The van der Waals surface area contributed by atoms with Crippen LogP contribution in [0.2, 0.25) is 0 Å². The monoisotopic (exact) mass is 504 g/mol. The van der Waals surface area contributed by atoms with Crippen LogP contribution in [0.5, 0.6) is 0 Å². The van der Waals surface area contributed by atoms with Crippen LogP contribution in [0.1, 0.15) is 29.7 Å². The van der Waals surface area contributed by atoms with Crippen molar-refractivity contribution in [3.8, 4) is 0 Å². The van der Waals surface area contributed by atoms with E-state index in [9.17, 15) is 9.59 Å². The van der Waals surface area contributed by atoms with Gasteiger partial charge in [0.15, 0.2) is 0 Å². The SMILES string of the molecule is C.O=C(Cc1ccccc1)OCc1ccccc1.O=C(Cl)Cc1ccccc1.OCc1ccccc1. The molecule has 0 aliphatic carbocycles. The van der Waals surface area contributed by atoms with Crippen molar-refractivity contribution in [1.29, 1.82) is 0 Å². The van der Waals surface area contributed by atoms with Gasteiger partial charge in [0.1, 0.15) is 6.61 Å². The van der Waals surface area contributed by atoms with Gasteiger partial charge in [-0.1, -0.05) is 129 Å². The maximum atomic E-state index is 11.6. The first-order valence-electron chi connectivity index (χ1n) is 11.2. The lowest BCUT2D eigenvalue weighted by molar-refractivity contribution is -0.144. The van der Waals surface area contributed by atoms with Gasteiger partial charge in [-0.15, -0.1) is 0 Å². The number of benzene rings is 4. The number of halogens is 1.